The van der Waals surface area contributed by atoms with E-state index in [2.05, 4.69) is 12.7 Å². The Morgan fingerprint density at radius 2 is 1.90 bits per heavy atom. The monoisotopic (exact) mass is 283 g/mol. The van der Waals surface area contributed by atoms with Crippen molar-refractivity contribution in [1.29, 1.82) is 5.26 Å². The molecule has 0 saturated heterocycles. The number of hydrogen-bond acceptors (Lipinski definition) is 1. The maximum absolute atomic E-state index is 13.8. The van der Waals surface area contributed by atoms with Gasteiger partial charge in [0.2, 0.25) is 0 Å². The quantitative estimate of drug-likeness (QED) is 0.686. The van der Waals surface area contributed by atoms with Crippen LogP contribution in [0.5, 0.6) is 0 Å². The first kappa shape index (κ1) is 14.3. The van der Waals surface area contributed by atoms with E-state index in [9.17, 15) is 4.39 Å². The fourth-order valence-electron chi connectivity index (χ4n) is 4.32. The van der Waals surface area contributed by atoms with E-state index >= 15 is 0 Å². The van der Waals surface area contributed by atoms with Crippen LogP contribution in [0.15, 0.2) is 30.9 Å². The Morgan fingerprint density at radius 3 is 2.62 bits per heavy atom. The maximum atomic E-state index is 13.8. The van der Waals surface area contributed by atoms with Gasteiger partial charge in [-0.25, -0.2) is 4.39 Å². The lowest BCUT2D eigenvalue weighted by Gasteiger charge is -2.41. The Morgan fingerprint density at radius 1 is 1.14 bits per heavy atom. The number of allylic oxidation sites excluding steroid dienone is 1. The lowest BCUT2D eigenvalue weighted by molar-refractivity contribution is 0.133. The highest BCUT2D eigenvalue weighted by Crippen LogP contribution is 2.47. The molecule has 4 atom stereocenters. The van der Waals surface area contributed by atoms with Crippen LogP contribution in [0.4, 0.5) is 4.39 Å². The average molecular weight is 283 g/mol. The van der Waals surface area contributed by atoms with E-state index in [0.717, 1.165) is 23.8 Å². The molecule has 0 heterocycles. The molecule has 2 saturated carbocycles. The zero-order valence-corrected chi connectivity index (χ0v) is 12.4. The van der Waals surface area contributed by atoms with Crippen molar-refractivity contribution in [3.63, 3.8) is 0 Å². The standard InChI is InChI=1S/C19H22FN/c1-2-13-3-4-15-10-16(6-5-14(15)9-13)17-7-8-18(12-21)19(20)11-17/h2,7-8,11,13-16H,1,3-6,9-10H2. The van der Waals surface area contributed by atoms with Gasteiger partial charge in [-0.2, -0.15) is 5.26 Å². The third kappa shape index (κ3) is 2.88. The van der Waals surface area contributed by atoms with Gasteiger partial charge in [-0.3, -0.25) is 0 Å². The van der Waals surface area contributed by atoms with Crippen molar-refractivity contribution in [3.05, 3.63) is 47.8 Å². The molecule has 0 radical (unpaired) electrons. The molecule has 0 aromatic heterocycles. The van der Waals surface area contributed by atoms with Crippen molar-refractivity contribution in [1.82, 2.24) is 0 Å². The molecule has 2 aliphatic rings. The van der Waals surface area contributed by atoms with Gasteiger partial charge in [0.05, 0.1) is 5.56 Å². The topological polar surface area (TPSA) is 23.8 Å². The summed E-state index contributed by atoms with van der Waals surface area (Å²) in [6.07, 6.45) is 9.55. The number of hydrogen-bond donors (Lipinski definition) is 0. The molecule has 2 aliphatic carbocycles. The third-order valence-corrected chi connectivity index (χ3v) is 5.57. The summed E-state index contributed by atoms with van der Waals surface area (Å²) in [5.74, 6) is 2.43. The van der Waals surface area contributed by atoms with Crippen LogP contribution in [0.2, 0.25) is 0 Å². The van der Waals surface area contributed by atoms with Crippen LogP contribution in [0, 0.1) is 34.9 Å². The zero-order chi connectivity index (χ0) is 14.8. The highest BCUT2D eigenvalue weighted by molar-refractivity contribution is 5.35. The van der Waals surface area contributed by atoms with Gasteiger partial charge in [0.15, 0.2) is 0 Å². The second-order valence-corrected chi connectivity index (χ2v) is 6.69. The second-order valence-electron chi connectivity index (χ2n) is 6.69. The van der Waals surface area contributed by atoms with Crippen LogP contribution >= 0.6 is 0 Å². The number of benzene rings is 1. The second kappa shape index (κ2) is 6.02. The largest absolute Gasteiger partial charge is 0.206 e. The summed E-state index contributed by atoms with van der Waals surface area (Å²) in [6, 6.07) is 7.06. The van der Waals surface area contributed by atoms with Crippen molar-refractivity contribution < 1.29 is 4.39 Å². The summed E-state index contributed by atoms with van der Waals surface area (Å²) in [4.78, 5) is 0. The van der Waals surface area contributed by atoms with Crippen LogP contribution in [-0.2, 0) is 0 Å². The number of rotatable bonds is 2. The molecule has 3 rings (SSSR count). The predicted molar refractivity (Wildman–Crippen MR) is 82.2 cm³/mol. The molecule has 21 heavy (non-hydrogen) atoms. The van der Waals surface area contributed by atoms with Gasteiger partial charge < -0.3 is 0 Å². The normalized spacial score (nSPS) is 32.0. The fraction of sp³-hybridized carbons (Fsp3) is 0.526. The number of nitrogens with zero attached hydrogens (tertiary/aromatic N) is 1. The summed E-state index contributed by atoms with van der Waals surface area (Å²) in [5, 5.41) is 8.82. The molecule has 0 aliphatic heterocycles. The molecule has 0 amide bonds. The Bertz CT molecular complexity index is 571. The summed E-state index contributed by atoms with van der Waals surface area (Å²) in [7, 11) is 0. The summed E-state index contributed by atoms with van der Waals surface area (Å²) in [6.45, 7) is 3.94. The lowest BCUT2D eigenvalue weighted by Crippen LogP contribution is -2.30. The van der Waals surface area contributed by atoms with Crippen molar-refractivity contribution in [2.45, 2.75) is 44.4 Å². The van der Waals surface area contributed by atoms with Gasteiger partial charge in [0.1, 0.15) is 11.9 Å². The summed E-state index contributed by atoms with van der Waals surface area (Å²) >= 11 is 0. The Balaban J connectivity index is 1.71. The highest BCUT2D eigenvalue weighted by atomic mass is 19.1. The van der Waals surface area contributed by atoms with Crippen molar-refractivity contribution in [3.8, 4) is 6.07 Å². The Kier molecular flexibility index (Phi) is 4.10. The predicted octanol–water partition coefficient (Wildman–Crippen LogP) is 5.18. The first-order valence-corrected chi connectivity index (χ1v) is 8.03. The molecule has 110 valence electrons. The molecular formula is C19H22FN. The van der Waals surface area contributed by atoms with Gasteiger partial charge in [-0.1, -0.05) is 12.1 Å². The van der Waals surface area contributed by atoms with E-state index in [1.165, 1.54) is 32.1 Å². The molecule has 0 N–H and O–H groups in total. The molecule has 1 aromatic rings. The fourth-order valence-corrected chi connectivity index (χ4v) is 4.32. The third-order valence-electron chi connectivity index (χ3n) is 5.57. The molecule has 2 heteroatoms. The van der Waals surface area contributed by atoms with Crippen LogP contribution in [0.25, 0.3) is 0 Å². The number of nitriles is 1. The van der Waals surface area contributed by atoms with Gasteiger partial charge in [0.25, 0.3) is 0 Å². The smallest absolute Gasteiger partial charge is 0.141 e. The van der Waals surface area contributed by atoms with Gasteiger partial charge >= 0.3 is 0 Å². The SMILES string of the molecule is C=CC1CCC2CC(c3ccc(C#N)c(F)c3)CCC2C1. The average Bonchev–Trinajstić information content (AvgIpc) is 2.53. The van der Waals surface area contributed by atoms with E-state index in [4.69, 9.17) is 5.26 Å². The maximum Gasteiger partial charge on any atom is 0.141 e. The molecule has 0 spiro atoms. The van der Waals surface area contributed by atoms with Crippen LogP contribution in [-0.4, -0.2) is 0 Å². The molecule has 1 aromatic carbocycles. The van der Waals surface area contributed by atoms with Crippen LogP contribution in [0.1, 0.15) is 55.6 Å². The first-order valence-electron chi connectivity index (χ1n) is 8.03. The minimum atomic E-state index is -0.368. The van der Waals surface area contributed by atoms with Gasteiger partial charge in [0, 0.05) is 0 Å². The van der Waals surface area contributed by atoms with Crippen molar-refractivity contribution in [2.24, 2.45) is 17.8 Å². The molecule has 2 fully saturated rings. The molecule has 4 unspecified atom stereocenters. The lowest BCUT2D eigenvalue weighted by atomic mass is 9.64. The number of fused-ring (bicyclic) bond motifs is 1. The summed E-state index contributed by atoms with van der Waals surface area (Å²) < 4.78 is 13.8. The van der Waals surface area contributed by atoms with E-state index in [-0.39, 0.29) is 11.4 Å². The van der Waals surface area contributed by atoms with E-state index in [1.54, 1.807) is 12.1 Å². The van der Waals surface area contributed by atoms with Crippen LogP contribution < -0.4 is 0 Å². The highest BCUT2D eigenvalue weighted by Gasteiger charge is 2.35. The van der Waals surface area contributed by atoms with Gasteiger partial charge in [-0.15, -0.1) is 6.58 Å². The minimum absolute atomic E-state index is 0.152. The number of halogens is 1. The summed E-state index contributed by atoms with van der Waals surface area (Å²) in [5.41, 5.74) is 1.23. The van der Waals surface area contributed by atoms with Crippen molar-refractivity contribution in [2.75, 3.05) is 0 Å². The minimum Gasteiger partial charge on any atom is -0.206 e. The first-order chi connectivity index (χ1) is 10.2. The van der Waals surface area contributed by atoms with Gasteiger partial charge in [-0.05, 0) is 79.9 Å². The molecule has 1 nitrogen and oxygen atoms in total. The Labute approximate surface area is 126 Å². The zero-order valence-electron chi connectivity index (χ0n) is 12.4. The van der Waals surface area contributed by atoms with E-state index < -0.39 is 0 Å². The van der Waals surface area contributed by atoms with E-state index in [0.29, 0.717) is 11.8 Å². The Hall–Kier alpha value is -1.62. The molecule has 0 bridgehead atoms. The molecular weight excluding hydrogens is 261 g/mol. The van der Waals surface area contributed by atoms with Crippen LogP contribution in [0.3, 0.4) is 0 Å². The van der Waals surface area contributed by atoms with E-state index in [1.807, 2.05) is 12.1 Å². The van der Waals surface area contributed by atoms with Crippen molar-refractivity contribution >= 4 is 0 Å².